The zero-order valence-electron chi connectivity index (χ0n) is 15.7. The number of aliphatic hydroxyl groups excluding tert-OH is 1. The van der Waals surface area contributed by atoms with E-state index in [2.05, 4.69) is 34.5 Å². The van der Waals surface area contributed by atoms with Crippen molar-refractivity contribution in [2.24, 2.45) is 0 Å². The van der Waals surface area contributed by atoms with Crippen LogP contribution < -0.4 is 5.32 Å². The minimum absolute atomic E-state index is 0.104. The van der Waals surface area contributed by atoms with Gasteiger partial charge in [-0.3, -0.25) is 4.90 Å². The largest absolute Gasteiger partial charge is 0.468 e. The molecule has 0 saturated heterocycles. The Balaban J connectivity index is 1.43. The number of aryl methyl sites for hydroxylation is 1. The molecular weight excluding hydrogens is 328 g/mol. The molecule has 2 aromatic rings. The number of benzene rings is 1. The summed E-state index contributed by atoms with van der Waals surface area (Å²) in [5.41, 5.74) is 2.66. The van der Waals surface area contributed by atoms with Crippen molar-refractivity contribution in [3.8, 4) is 0 Å². The van der Waals surface area contributed by atoms with E-state index in [1.807, 2.05) is 26.2 Å². The van der Waals surface area contributed by atoms with Crippen LogP contribution in [0.2, 0.25) is 0 Å². The summed E-state index contributed by atoms with van der Waals surface area (Å²) in [6.07, 6.45) is 4.56. The number of hydrogen-bond acceptors (Lipinski definition) is 5. The van der Waals surface area contributed by atoms with Gasteiger partial charge in [0.2, 0.25) is 0 Å². The molecule has 0 radical (unpaired) electrons. The summed E-state index contributed by atoms with van der Waals surface area (Å²) >= 11 is 0. The fraction of sp³-hybridized carbons (Fsp3) is 0.524. The van der Waals surface area contributed by atoms with Crippen LogP contribution >= 0.6 is 0 Å². The van der Waals surface area contributed by atoms with Crippen LogP contribution in [0.5, 0.6) is 0 Å². The lowest BCUT2D eigenvalue weighted by Gasteiger charge is -2.27. The Hall–Kier alpha value is -1.66. The van der Waals surface area contributed by atoms with E-state index < -0.39 is 6.10 Å². The van der Waals surface area contributed by atoms with Crippen LogP contribution in [-0.4, -0.2) is 49.9 Å². The zero-order chi connectivity index (χ0) is 18.4. The molecule has 1 aromatic carbocycles. The third-order valence-corrected chi connectivity index (χ3v) is 5.02. The quantitative estimate of drug-likeness (QED) is 0.722. The number of ether oxygens (including phenoxy) is 1. The molecule has 0 unspecified atom stereocenters. The van der Waals surface area contributed by atoms with Crippen molar-refractivity contribution in [3.05, 3.63) is 59.5 Å². The summed E-state index contributed by atoms with van der Waals surface area (Å²) in [7, 11) is 4.05. The smallest absolute Gasteiger partial charge is 0.122 e. The van der Waals surface area contributed by atoms with Crippen molar-refractivity contribution in [1.82, 2.24) is 10.2 Å². The third-order valence-electron chi connectivity index (χ3n) is 5.02. The Morgan fingerprint density at radius 3 is 2.85 bits per heavy atom. The van der Waals surface area contributed by atoms with Gasteiger partial charge in [0.1, 0.15) is 5.76 Å². The van der Waals surface area contributed by atoms with Gasteiger partial charge in [-0.2, -0.15) is 0 Å². The fourth-order valence-electron chi connectivity index (χ4n) is 3.57. The summed E-state index contributed by atoms with van der Waals surface area (Å²) < 4.78 is 11.5. The number of nitrogens with zero attached hydrogens (tertiary/aromatic N) is 1. The van der Waals surface area contributed by atoms with E-state index in [9.17, 15) is 5.11 Å². The number of rotatable bonds is 9. The lowest BCUT2D eigenvalue weighted by molar-refractivity contribution is -0.0170. The topological polar surface area (TPSA) is 57.9 Å². The lowest BCUT2D eigenvalue weighted by atomic mass is 9.89. The normalized spacial score (nSPS) is 19.3. The lowest BCUT2D eigenvalue weighted by Crippen LogP contribution is -2.36. The highest BCUT2D eigenvalue weighted by molar-refractivity contribution is 5.31. The highest BCUT2D eigenvalue weighted by Gasteiger charge is 2.21. The number of hydrogen-bond donors (Lipinski definition) is 2. The Morgan fingerprint density at radius 1 is 1.23 bits per heavy atom. The molecule has 1 aliphatic rings. The van der Waals surface area contributed by atoms with Crippen LogP contribution in [0.3, 0.4) is 0 Å². The minimum atomic E-state index is -0.525. The minimum Gasteiger partial charge on any atom is -0.468 e. The summed E-state index contributed by atoms with van der Waals surface area (Å²) in [6, 6.07) is 12.5. The molecule has 5 heteroatoms. The Morgan fingerprint density at radius 2 is 2.08 bits per heavy atom. The van der Waals surface area contributed by atoms with Crippen LogP contribution in [0.25, 0.3) is 0 Å². The van der Waals surface area contributed by atoms with E-state index in [0.717, 1.165) is 25.0 Å². The van der Waals surface area contributed by atoms with Crippen molar-refractivity contribution in [2.45, 2.75) is 37.5 Å². The van der Waals surface area contributed by atoms with E-state index in [-0.39, 0.29) is 12.1 Å². The number of furan rings is 1. The second kappa shape index (κ2) is 9.33. The molecule has 0 fully saturated rings. The van der Waals surface area contributed by atoms with Crippen LogP contribution in [0.1, 0.15) is 41.9 Å². The molecule has 1 heterocycles. The first kappa shape index (κ1) is 19.1. The van der Waals surface area contributed by atoms with E-state index in [1.165, 1.54) is 11.1 Å². The molecule has 2 N–H and O–H groups in total. The molecule has 0 aliphatic heterocycles. The molecular formula is C21H30N2O3. The summed E-state index contributed by atoms with van der Waals surface area (Å²) in [4.78, 5) is 2.10. The molecule has 3 rings (SSSR count). The maximum atomic E-state index is 10.3. The first-order valence-corrected chi connectivity index (χ1v) is 9.43. The van der Waals surface area contributed by atoms with Crippen molar-refractivity contribution in [2.75, 3.05) is 33.8 Å². The van der Waals surface area contributed by atoms with Crippen molar-refractivity contribution >= 4 is 0 Å². The maximum Gasteiger partial charge on any atom is 0.122 e. The molecule has 0 saturated carbocycles. The van der Waals surface area contributed by atoms with Crippen LogP contribution in [0, 0.1) is 0 Å². The van der Waals surface area contributed by atoms with E-state index >= 15 is 0 Å². The van der Waals surface area contributed by atoms with Gasteiger partial charge in [0.15, 0.2) is 0 Å². The van der Waals surface area contributed by atoms with E-state index in [0.29, 0.717) is 19.7 Å². The van der Waals surface area contributed by atoms with Crippen LogP contribution in [0.4, 0.5) is 0 Å². The van der Waals surface area contributed by atoms with Crippen LogP contribution in [-0.2, 0) is 11.2 Å². The highest BCUT2D eigenvalue weighted by Crippen LogP contribution is 2.32. The van der Waals surface area contributed by atoms with Gasteiger partial charge in [-0.25, -0.2) is 0 Å². The Bertz CT molecular complexity index is 657. The molecule has 142 valence electrons. The number of likely N-dealkylation sites (N-methyl/N-ethyl adjacent to an activating group) is 1. The number of fused-ring (bicyclic) bond motifs is 1. The average molecular weight is 358 g/mol. The van der Waals surface area contributed by atoms with Gasteiger partial charge in [0.25, 0.3) is 0 Å². The Kier molecular flexibility index (Phi) is 6.86. The van der Waals surface area contributed by atoms with Gasteiger partial charge in [-0.05, 0) is 56.6 Å². The molecule has 0 spiro atoms. The van der Waals surface area contributed by atoms with Gasteiger partial charge in [0, 0.05) is 13.1 Å². The van der Waals surface area contributed by atoms with Gasteiger partial charge in [0.05, 0.1) is 31.1 Å². The monoisotopic (exact) mass is 358 g/mol. The summed E-state index contributed by atoms with van der Waals surface area (Å²) in [5, 5.41) is 13.6. The molecule has 1 aromatic heterocycles. The summed E-state index contributed by atoms with van der Waals surface area (Å²) in [5.74, 6) is 0.923. The van der Waals surface area contributed by atoms with Crippen LogP contribution in [0.15, 0.2) is 47.1 Å². The first-order valence-electron chi connectivity index (χ1n) is 9.43. The summed E-state index contributed by atoms with van der Waals surface area (Å²) in [6.45, 7) is 1.56. The molecule has 3 atom stereocenters. The molecule has 26 heavy (non-hydrogen) atoms. The van der Waals surface area contributed by atoms with Crippen molar-refractivity contribution in [1.29, 1.82) is 0 Å². The molecule has 0 bridgehead atoms. The van der Waals surface area contributed by atoms with Gasteiger partial charge < -0.3 is 19.6 Å². The highest BCUT2D eigenvalue weighted by atomic mass is 16.5. The zero-order valence-corrected chi connectivity index (χ0v) is 15.7. The second-order valence-electron chi connectivity index (χ2n) is 7.22. The number of nitrogens with one attached hydrogen (secondary N) is 1. The Labute approximate surface area is 156 Å². The SMILES string of the molecule is CN(C)[C@H](CNC[C@H](O)CO[C@@H]1CCCc2ccccc21)c1ccco1. The van der Waals surface area contributed by atoms with Gasteiger partial charge in [-0.15, -0.1) is 0 Å². The van der Waals surface area contributed by atoms with Gasteiger partial charge in [-0.1, -0.05) is 24.3 Å². The first-order chi connectivity index (χ1) is 12.6. The third kappa shape index (κ3) is 4.95. The number of aliphatic hydroxyl groups is 1. The van der Waals surface area contributed by atoms with E-state index in [1.54, 1.807) is 6.26 Å². The standard InChI is InChI=1S/C21H30N2O3/c1-23(2)19(21-11-6-12-25-21)14-22-13-17(24)15-26-20-10-5-8-16-7-3-4-9-18(16)20/h3-4,6-7,9,11-12,17,19-20,22,24H,5,8,10,13-15H2,1-2H3/t17-,19+,20+/m0/s1. The average Bonchev–Trinajstić information content (AvgIpc) is 3.17. The second-order valence-corrected chi connectivity index (χ2v) is 7.22. The predicted octanol–water partition coefficient (Wildman–Crippen LogP) is 2.93. The maximum absolute atomic E-state index is 10.3. The van der Waals surface area contributed by atoms with Crippen molar-refractivity contribution < 1.29 is 14.3 Å². The van der Waals surface area contributed by atoms with Gasteiger partial charge >= 0.3 is 0 Å². The predicted molar refractivity (Wildman–Crippen MR) is 102 cm³/mol. The van der Waals surface area contributed by atoms with Crippen molar-refractivity contribution in [3.63, 3.8) is 0 Å². The molecule has 1 aliphatic carbocycles. The molecule has 5 nitrogen and oxygen atoms in total. The molecule has 0 amide bonds. The van der Waals surface area contributed by atoms with E-state index in [4.69, 9.17) is 9.15 Å². The fourth-order valence-corrected chi connectivity index (χ4v) is 3.57.